The summed E-state index contributed by atoms with van der Waals surface area (Å²) in [7, 11) is 0. The summed E-state index contributed by atoms with van der Waals surface area (Å²) >= 11 is 0. The van der Waals surface area contributed by atoms with E-state index in [1.165, 1.54) is 6.92 Å². The molecule has 0 unspecified atom stereocenters. The Kier molecular flexibility index (Phi) is 6.65. The molecule has 0 atom stereocenters. The zero-order valence-corrected chi connectivity index (χ0v) is 13.9. The van der Waals surface area contributed by atoms with Crippen LogP contribution in [0.5, 0.6) is 0 Å². The highest BCUT2D eigenvalue weighted by molar-refractivity contribution is 6.16. The molecule has 0 aliphatic carbocycles. The molecule has 5 heteroatoms. The Hall–Kier alpha value is -3.21. The van der Waals surface area contributed by atoms with Gasteiger partial charge in [-0.1, -0.05) is 60.7 Å². The number of carbonyl (C=O) groups excluding carboxylic acids is 3. The average molecular weight is 337 g/mol. The molecule has 25 heavy (non-hydrogen) atoms. The molecule has 0 heterocycles. The Morgan fingerprint density at radius 2 is 1.48 bits per heavy atom. The first-order chi connectivity index (χ1) is 12.1. The zero-order chi connectivity index (χ0) is 18.1. The summed E-state index contributed by atoms with van der Waals surface area (Å²) in [6, 6.07) is 18.3. The predicted molar refractivity (Wildman–Crippen MR) is 93.3 cm³/mol. The summed E-state index contributed by atoms with van der Waals surface area (Å²) < 4.78 is 5.12. The van der Waals surface area contributed by atoms with Crippen LogP contribution in [0.25, 0.3) is 0 Å². The molecule has 0 aliphatic heterocycles. The fourth-order valence-corrected chi connectivity index (χ4v) is 2.09. The lowest BCUT2D eigenvalue weighted by atomic mass is 10.1. The Bertz CT molecular complexity index is 767. The number of carbonyl (C=O) groups is 3. The molecule has 1 amide bonds. The van der Waals surface area contributed by atoms with E-state index in [0.29, 0.717) is 0 Å². The van der Waals surface area contributed by atoms with Crippen LogP contribution in [0.4, 0.5) is 0 Å². The number of esters is 1. The van der Waals surface area contributed by atoms with E-state index in [0.717, 1.165) is 17.3 Å². The molecule has 1 N–H and O–H groups in total. The molecule has 0 saturated heterocycles. The maximum Gasteiger partial charge on any atom is 0.343 e. The molecule has 0 fully saturated rings. The number of rotatable bonds is 7. The lowest BCUT2D eigenvalue weighted by molar-refractivity contribution is -0.141. The van der Waals surface area contributed by atoms with Gasteiger partial charge in [0.1, 0.15) is 12.2 Å². The molecule has 2 aromatic carbocycles. The summed E-state index contributed by atoms with van der Waals surface area (Å²) in [6.45, 7) is 1.31. The third kappa shape index (κ3) is 6.06. The predicted octanol–water partition coefficient (Wildman–Crippen LogP) is 2.56. The fraction of sp³-hybridized carbons (Fsp3) is 0.150. The van der Waals surface area contributed by atoms with Crippen molar-refractivity contribution in [3.8, 4) is 0 Å². The second-order valence-electron chi connectivity index (χ2n) is 5.41. The second kappa shape index (κ2) is 9.17. The SMILES string of the molecule is CC(=O)C(=CNC(=O)Cc1ccccc1)C(=O)OCc1ccccc1. The normalized spacial score (nSPS) is 10.8. The van der Waals surface area contributed by atoms with Crippen molar-refractivity contribution in [2.75, 3.05) is 0 Å². The van der Waals surface area contributed by atoms with Crippen LogP contribution in [0, 0.1) is 0 Å². The van der Waals surface area contributed by atoms with Gasteiger partial charge in [-0.15, -0.1) is 0 Å². The van der Waals surface area contributed by atoms with Crippen molar-refractivity contribution >= 4 is 17.7 Å². The van der Waals surface area contributed by atoms with Gasteiger partial charge in [0.15, 0.2) is 5.78 Å². The lowest BCUT2D eigenvalue weighted by Crippen LogP contribution is -2.23. The average Bonchev–Trinajstić information content (AvgIpc) is 2.61. The number of hydrogen-bond acceptors (Lipinski definition) is 4. The van der Waals surface area contributed by atoms with Crippen LogP contribution in [0.1, 0.15) is 18.1 Å². The number of hydrogen-bond donors (Lipinski definition) is 1. The largest absolute Gasteiger partial charge is 0.457 e. The summed E-state index contributed by atoms with van der Waals surface area (Å²) in [4.78, 5) is 35.6. The van der Waals surface area contributed by atoms with E-state index < -0.39 is 11.8 Å². The number of Topliss-reactive ketones (excluding diaryl/α,β-unsaturated/α-hetero) is 1. The number of amides is 1. The van der Waals surface area contributed by atoms with Crippen molar-refractivity contribution in [3.63, 3.8) is 0 Å². The number of benzene rings is 2. The van der Waals surface area contributed by atoms with Crippen LogP contribution in [0.3, 0.4) is 0 Å². The Morgan fingerprint density at radius 1 is 0.920 bits per heavy atom. The van der Waals surface area contributed by atoms with Crippen molar-refractivity contribution in [1.29, 1.82) is 0 Å². The van der Waals surface area contributed by atoms with E-state index in [9.17, 15) is 14.4 Å². The molecule has 0 aliphatic rings. The Morgan fingerprint density at radius 3 is 2.04 bits per heavy atom. The van der Waals surface area contributed by atoms with Crippen LogP contribution in [0.15, 0.2) is 72.4 Å². The van der Waals surface area contributed by atoms with Crippen molar-refractivity contribution in [2.24, 2.45) is 0 Å². The molecule has 2 aromatic rings. The minimum atomic E-state index is -0.767. The van der Waals surface area contributed by atoms with Crippen molar-refractivity contribution in [3.05, 3.63) is 83.6 Å². The standard InChI is InChI=1S/C20H19NO4/c1-15(22)18(20(24)25-14-17-10-6-3-7-11-17)13-21-19(23)12-16-8-4-2-5-9-16/h2-11,13H,12,14H2,1H3,(H,21,23). The molecule has 0 aromatic heterocycles. The smallest absolute Gasteiger partial charge is 0.343 e. The number of ether oxygens (including phenoxy) is 1. The van der Waals surface area contributed by atoms with Crippen LogP contribution in [-0.4, -0.2) is 17.7 Å². The van der Waals surface area contributed by atoms with E-state index in [4.69, 9.17) is 4.74 Å². The first-order valence-corrected chi connectivity index (χ1v) is 7.81. The van der Waals surface area contributed by atoms with E-state index in [1.54, 1.807) is 0 Å². The van der Waals surface area contributed by atoms with Gasteiger partial charge in [0.2, 0.25) is 5.91 Å². The Balaban J connectivity index is 1.94. The quantitative estimate of drug-likeness (QED) is 0.365. The van der Waals surface area contributed by atoms with Crippen LogP contribution >= 0.6 is 0 Å². The molecule has 5 nitrogen and oxygen atoms in total. The third-order valence-electron chi connectivity index (χ3n) is 3.40. The van der Waals surface area contributed by atoms with Gasteiger partial charge in [-0.3, -0.25) is 9.59 Å². The maximum atomic E-state index is 12.1. The van der Waals surface area contributed by atoms with Gasteiger partial charge >= 0.3 is 5.97 Å². The molecule has 2 rings (SSSR count). The van der Waals surface area contributed by atoms with Crippen molar-refractivity contribution < 1.29 is 19.1 Å². The molecule has 0 saturated carbocycles. The summed E-state index contributed by atoms with van der Waals surface area (Å²) in [5, 5.41) is 2.47. The first-order valence-electron chi connectivity index (χ1n) is 7.81. The highest BCUT2D eigenvalue weighted by Gasteiger charge is 2.16. The highest BCUT2D eigenvalue weighted by atomic mass is 16.5. The molecule has 0 radical (unpaired) electrons. The topological polar surface area (TPSA) is 72.5 Å². The van der Waals surface area contributed by atoms with E-state index in [1.807, 2.05) is 60.7 Å². The lowest BCUT2D eigenvalue weighted by Gasteiger charge is -2.07. The van der Waals surface area contributed by atoms with Crippen LogP contribution in [-0.2, 0) is 32.1 Å². The van der Waals surface area contributed by atoms with Crippen LogP contribution < -0.4 is 5.32 Å². The Labute approximate surface area is 146 Å². The molecule has 0 spiro atoms. The maximum absolute atomic E-state index is 12.1. The first kappa shape index (κ1) is 18.1. The zero-order valence-electron chi connectivity index (χ0n) is 13.9. The summed E-state index contributed by atoms with van der Waals surface area (Å²) in [5.74, 6) is -1.56. The van der Waals surface area contributed by atoms with Crippen LogP contribution in [0.2, 0.25) is 0 Å². The van der Waals surface area contributed by atoms with Gasteiger partial charge in [0.05, 0.1) is 6.42 Å². The van der Waals surface area contributed by atoms with Crippen molar-refractivity contribution in [2.45, 2.75) is 20.0 Å². The molecular formula is C20H19NO4. The van der Waals surface area contributed by atoms with E-state index in [-0.39, 0.29) is 24.5 Å². The van der Waals surface area contributed by atoms with Gasteiger partial charge in [-0.05, 0) is 18.1 Å². The molecule has 128 valence electrons. The van der Waals surface area contributed by atoms with Crippen molar-refractivity contribution in [1.82, 2.24) is 5.32 Å². The number of ketones is 1. The summed E-state index contributed by atoms with van der Waals surface area (Å²) in [5.41, 5.74) is 1.45. The van der Waals surface area contributed by atoms with Gasteiger partial charge in [-0.25, -0.2) is 4.79 Å². The molecule has 0 bridgehead atoms. The van der Waals surface area contributed by atoms with E-state index in [2.05, 4.69) is 5.32 Å². The number of nitrogens with one attached hydrogen (secondary N) is 1. The minimum absolute atomic E-state index is 0.0578. The minimum Gasteiger partial charge on any atom is -0.457 e. The second-order valence-corrected chi connectivity index (χ2v) is 5.41. The van der Waals surface area contributed by atoms with Gasteiger partial charge in [0.25, 0.3) is 0 Å². The fourth-order valence-electron chi connectivity index (χ4n) is 2.09. The van der Waals surface area contributed by atoms with Gasteiger partial charge in [0, 0.05) is 6.20 Å². The van der Waals surface area contributed by atoms with Gasteiger partial charge < -0.3 is 10.1 Å². The van der Waals surface area contributed by atoms with E-state index >= 15 is 0 Å². The molecular weight excluding hydrogens is 318 g/mol. The highest BCUT2D eigenvalue weighted by Crippen LogP contribution is 2.05. The monoisotopic (exact) mass is 337 g/mol. The summed E-state index contributed by atoms with van der Waals surface area (Å²) in [6.07, 6.45) is 1.27. The van der Waals surface area contributed by atoms with Gasteiger partial charge in [-0.2, -0.15) is 0 Å². The third-order valence-corrected chi connectivity index (χ3v) is 3.40.